The maximum atomic E-state index is 11.9. The van der Waals surface area contributed by atoms with Crippen molar-refractivity contribution in [1.82, 2.24) is 9.80 Å². The lowest BCUT2D eigenvalue weighted by Crippen LogP contribution is -2.50. The standard InChI is InChI=1S/C12H23N3O3.ClH/c1-9(2)11(13)12(17)14(3)8-10(16)15-4-6-18-7-5-15;/h9,11H,4-8,13H2,1-3H3;1H/t11-;/m0./s1. The molecule has 1 rings (SSSR count). The molecule has 0 radical (unpaired) electrons. The topological polar surface area (TPSA) is 75.9 Å². The van der Waals surface area contributed by atoms with E-state index in [0.717, 1.165) is 0 Å². The van der Waals surface area contributed by atoms with Crippen molar-refractivity contribution in [2.45, 2.75) is 19.9 Å². The van der Waals surface area contributed by atoms with Crippen LogP contribution in [0.15, 0.2) is 0 Å². The number of carbonyl (C=O) groups is 2. The van der Waals surface area contributed by atoms with Crippen molar-refractivity contribution in [3.63, 3.8) is 0 Å². The van der Waals surface area contributed by atoms with E-state index in [1.807, 2.05) is 13.8 Å². The second kappa shape index (κ2) is 8.35. The maximum absolute atomic E-state index is 11.9. The molecular formula is C12H24ClN3O3. The highest BCUT2D eigenvalue weighted by Gasteiger charge is 2.24. The molecular weight excluding hydrogens is 270 g/mol. The summed E-state index contributed by atoms with van der Waals surface area (Å²) >= 11 is 0. The highest BCUT2D eigenvalue weighted by Crippen LogP contribution is 2.04. The van der Waals surface area contributed by atoms with Crippen LogP contribution in [0.2, 0.25) is 0 Å². The van der Waals surface area contributed by atoms with E-state index in [1.54, 1.807) is 11.9 Å². The van der Waals surface area contributed by atoms with E-state index in [9.17, 15) is 9.59 Å². The van der Waals surface area contributed by atoms with E-state index in [0.29, 0.717) is 26.3 Å². The third-order valence-corrected chi connectivity index (χ3v) is 3.12. The van der Waals surface area contributed by atoms with E-state index >= 15 is 0 Å². The molecule has 0 aromatic heterocycles. The molecule has 0 bridgehead atoms. The highest BCUT2D eigenvalue weighted by atomic mass is 35.5. The molecule has 19 heavy (non-hydrogen) atoms. The summed E-state index contributed by atoms with van der Waals surface area (Å²) in [6.07, 6.45) is 0. The lowest BCUT2D eigenvalue weighted by atomic mass is 10.0. The van der Waals surface area contributed by atoms with Crippen LogP contribution in [0.3, 0.4) is 0 Å². The van der Waals surface area contributed by atoms with Crippen molar-refractivity contribution in [3.8, 4) is 0 Å². The van der Waals surface area contributed by atoms with Crippen LogP contribution in [-0.4, -0.2) is 67.6 Å². The number of nitrogens with two attached hydrogens (primary N) is 1. The van der Waals surface area contributed by atoms with Gasteiger partial charge in [-0.1, -0.05) is 13.8 Å². The first-order valence-corrected chi connectivity index (χ1v) is 6.29. The van der Waals surface area contributed by atoms with Gasteiger partial charge < -0.3 is 20.3 Å². The Kier molecular flexibility index (Phi) is 7.97. The lowest BCUT2D eigenvalue weighted by Gasteiger charge is -2.29. The zero-order chi connectivity index (χ0) is 13.7. The molecule has 1 aliphatic heterocycles. The Bertz CT molecular complexity index is 307. The quantitative estimate of drug-likeness (QED) is 0.773. The van der Waals surface area contributed by atoms with Gasteiger partial charge in [0, 0.05) is 20.1 Å². The zero-order valence-corrected chi connectivity index (χ0v) is 12.6. The molecule has 0 unspecified atom stereocenters. The van der Waals surface area contributed by atoms with Gasteiger partial charge in [0.25, 0.3) is 0 Å². The number of nitrogens with zero attached hydrogens (tertiary/aromatic N) is 2. The summed E-state index contributed by atoms with van der Waals surface area (Å²) in [5.41, 5.74) is 5.78. The van der Waals surface area contributed by atoms with Gasteiger partial charge in [0.1, 0.15) is 0 Å². The Morgan fingerprint density at radius 2 is 1.84 bits per heavy atom. The van der Waals surface area contributed by atoms with Crippen LogP contribution in [0.4, 0.5) is 0 Å². The molecule has 1 aliphatic rings. The molecule has 0 aromatic rings. The first-order chi connectivity index (χ1) is 8.43. The summed E-state index contributed by atoms with van der Waals surface area (Å²) in [5.74, 6) is -0.171. The molecule has 2 N–H and O–H groups in total. The van der Waals surface area contributed by atoms with Crippen LogP contribution < -0.4 is 5.73 Å². The Morgan fingerprint density at radius 1 is 1.32 bits per heavy atom. The molecule has 1 fully saturated rings. The average molecular weight is 294 g/mol. The summed E-state index contributed by atoms with van der Waals surface area (Å²) in [6.45, 7) is 6.18. The first kappa shape index (κ1) is 18.1. The van der Waals surface area contributed by atoms with Crippen LogP contribution in [-0.2, 0) is 14.3 Å². The Morgan fingerprint density at radius 3 is 2.32 bits per heavy atom. The van der Waals surface area contributed by atoms with Crippen molar-refractivity contribution in [2.24, 2.45) is 11.7 Å². The minimum absolute atomic E-state index is 0. The number of hydrogen-bond acceptors (Lipinski definition) is 4. The van der Waals surface area contributed by atoms with Crippen LogP contribution in [0, 0.1) is 5.92 Å². The number of rotatable bonds is 4. The van der Waals surface area contributed by atoms with Crippen LogP contribution in [0.25, 0.3) is 0 Å². The van der Waals surface area contributed by atoms with Crippen LogP contribution in [0.5, 0.6) is 0 Å². The van der Waals surface area contributed by atoms with E-state index < -0.39 is 6.04 Å². The molecule has 1 saturated heterocycles. The largest absolute Gasteiger partial charge is 0.378 e. The zero-order valence-electron chi connectivity index (χ0n) is 11.8. The van der Waals surface area contributed by atoms with Gasteiger partial charge in [0.05, 0.1) is 25.8 Å². The van der Waals surface area contributed by atoms with Crippen molar-refractivity contribution >= 4 is 24.2 Å². The molecule has 1 heterocycles. The predicted octanol–water partition coefficient (Wildman–Crippen LogP) is -0.291. The summed E-state index contributed by atoms with van der Waals surface area (Å²) in [4.78, 5) is 27.0. The molecule has 7 heteroatoms. The summed E-state index contributed by atoms with van der Waals surface area (Å²) in [7, 11) is 1.61. The molecule has 112 valence electrons. The van der Waals surface area contributed by atoms with Gasteiger partial charge in [-0.15, -0.1) is 12.4 Å². The molecule has 0 saturated carbocycles. The fourth-order valence-corrected chi connectivity index (χ4v) is 1.73. The van der Waals surface area contributed by atoms with Gasteiger partial charge in [-0.25, -0.2) is 0 Å². The summed E-state index contributed by atoms with van der Waals surface area (Å²) in [5, 5.41) is 0. The minimum Gasteiger partial charge on any atom is -0.378 e. The smallest absolute Gasteiger partial charge is 0.242 e. The number of halogens is 1. The van der Waals surface area contributed by atoms with E-state index in [1.165, 1.54) is 4.90 Å². The third-order valence-electron chi connectivity index (χ3n) is 3.12. The number of likely N-dealkylation sites (N-methyl/N-ethyl adjacent to an activating group) is 1. The van der Waals surface area contributed by atoms with E-state index in [-0.39, 0.29) is 36.7 Å². The van der Waals surface area contributed by atoms with Crippen molar-refractivity contribution < 1.29 is 14.3 Å². The second-order valence-corrected chi connectivity index (χ2v) is 4.96. The van der Waals surface area contributed by atoms with Gasteiger partial charge in [0.15, 0.2) is 0 Å². The molecule has 2 amide bonds. The number of hydrogen-bond donors (Lipinski definition) is 1. The van der Waals surface area contributed by atoms with Gasteiger partial charge in [-0.05, 0) is 5.92 Å². The Labute approximate surface area is 120 Å². The number of carbonyl (C=O) groups excluding carboxylic acids is 2. The third kappa shape index (κ3) is 5.34. The predicted molar refractivity (Wildman–Crippen MR) is 75.1 cm³/mol. The van der Waals surface area contributed by atoms with Crippen LogP contribution in [0.1, 0.15) is 13.8 Å². The fraction of sp³-hybridized carbons (Fsp3) is 0.833. The lowest BCUT2D eigenvalue weighted by molar-refractivity contribution is -0.142. The van der Waals surface area contributed by atoms with E-state index in [2.05, 4.69) is 0 Å². The molecule has 0 aliphatic carbocycles. The number of ether oxygens (including phenoxy) is 1. The minimum atomic E-state index is -0.549. The molecule has 0 aromatic carbocycles. The summed E-state index contributed by atoms with van der Waals surface area (Å²) in [6, 6.07) is -0.549. The fourth-order valence-electron chi connectivity index (χ4n) is 1.73. The monoisotopic (exact) mass is 293 g/mol. The highest BCUT2D eigenvalue weighted by molar-refractivity contribution is 5.87. The molecule has 6 nitrogen and oxygen atoms in total. The van der Waals surface area contributed by atoms with Gasteiger partial charge in [-0.2, -0.15) is 0 Å². The first-order valence-electron chi connectivity index (χ1n) is 6.29. The van der Waals surface area contributed by atoms with Crippen molar-refractivity contribution in [3.05, 3.63) is 0 Å². The number of amides is 2. The second-order valence-electron chi connectivity index (χ2n) is 4.96. The van der Waals surface area contributed by atoms with Gasteiger partial charge in [-0.3, -0.25) is 9.59 Å². The SMILES string of the molecule is CC(C)[C@H](N)C(=O)N(C)CC(=O)N1CCOCC1.Cl. The van der Waals surface area contributed by atoms with E-state index in [4.69, 9.17) is 10.5 Å². The van der Waals surface area contributed by atoms with Crippen molar-refractivity contribution in [2.75, 3.05) is 39.9 Å². The number of morpholine rings is 1. The molecule has 1 atom stereocenters. The van der Waals surface area contributed by atoms with Crippen molar-refractivity contribution in [1.29, 1.82) is 0 Å². The summed E-state index contributed by atoms with van der Waals surface area (Å²) < 4.78 is 5.18. The van der Waals surface area contributed by atoms with Crippen LogP contribution >= 0.6 is 12.4 Å². The average Bonchev–Trinajstić information content (AvgIpc) is 2.37. The Balaban J connectivity index is 0.00000324. The molecule has 0 spiro atoms. The Hall–Kier alpha value is -0.850. The van der Waals surface area contributed by atoms with Gasteiger partial charge in [0.2, 0.25) is 11.8 Å². The van der Waals surface area contributed by atoms with Gasteiger partial charge >= 0.3 is 0 Å². The normalized spacial score (nSPS) is 16.8. The maximum Gasteiger partial charge on any atom is 0.242 e.